The van der Waals surface area contributed by atoms with Crippen LogP contribution in [0.2, 0.25) is 0 Å². The van der Waals surface area contributed by atoms with Crippen LogP contribution in [0, 0.1) is 6.92 Å². The topological polar surface area (TPSA) is 83.9 Å². The van der Waals surface area contributed by atoms with Gasteiger partial charge in [-0.15, -0.1) is 0 Å². The minimum Gasteiger partial charge on any atom is -0.334 e. The Balaban J connectivity index is 2.14. The summed E-state index contributed by atoms with van der Waals surface area (Å²) in [7, 11) is 3.28. The van der Waals surface area contributed by atoms with E-state index in [0.29, 0.717) is 23.8 Å². The second-order valence-corrected chi connectivity index (χ2v) is 4.36. The summed E-state index contributed by atoms with van der Waals surface area (Å²) < 4.78 is 1.41. The Hall–Kier alpha value is -2.44. The number of hydrogen-bond donors (Lipinski definition) is 1. The molecule has 0 unspecified atom stereocenters. The third-order valence-corrected chi connectivity index (χ3v) is 2.72. The van der Waals surface area contributed by atoms with E-state index in [9.17, 15) is 9.59 Å². The van der Waals surface area contributed by atoms with Crippen LogP contribution in [0.4, 0.5) is 0 Å². The largest absolute Gasteiger partial charge is 0.334 e. The smallest absolute Gasteiger partial charge is 0.254 e. The Bertz CT molecular complexity index is 658. The number of carbonyl (C=O) groups is 1. The lowest BCUT2D eigenvalue weighted by atomic mass is 10.2. The predicted octanol–water partition coefficient (Wildman–Crippen LogP) is 0.0840. The van der Waals surface area contributed by atoms with Gasteiger partial charge >= 0.3 is 0 Å². The Morgan fingerprint density at radius 2 is 2.26 bits per heavy atom. The zero-order valence-corrected chi connectivity index (χ0v) is 11.0. The lowest BCUT2D eigenvalue weighted by Crippen LogP contribution is -2.28. The van der Waals surface area contributed by atoms with Gasteiger partial charge in [-0.2, -0.15) is 5.10 Å². The van der Waals surface area contributed by atoms with Gasteiger partial charge < -0.3 is 9.47 Å². The fraction of sp³-hybridized carbons (Fsp3) is 0.333. The average Bonchev–Trinajstić information content (AvgIpc) is 2.77. The fourth-order valence-electron chi connectivity index (χ4n) is 1.65. The number of rotatable bonds is 3. The molecule has 7 nitrogen and oxygen atoms in total. The van der Waals surface area contributed by atoms with Gasteiger partial charge in [-0.25, -0.2) is 4.98 Å². The fourth-order valence-corrected chi connectivity index (χ4v) is 1.65. The maximum atomic E-state index is 12.1. The van der Waals surface area contributed by atoms with E-state index < -0.39 is 0 Å². The molecule has 0 saturated carbocycles. The zero-order chi connectivity index (χ0) is 14.0. The van der Waals surface area contributed by atoms with Gasteiger partial charge in [-0.05, 0) is 13.0 Å². The van der Waals surface area contributed by atoms with Crippen LogP contribution in [0.15, 0.2) is 23.1 Å². The first kappa shape index (κ1) is 13.0. The van der Waals surface area contributed by atoms with Crippen molar-refractivity contribution < 1.29 is 4.79 Å². The van der Waals surface area contributed by atoms with Crippen molar-refractivity contribution in [2.45, 2.75) is 13.5 Å². The number of nitrogens with zero attached hydrogens (tertiary/aromatic N) is 4. The number of pyridine rings is 1. The van der Waals surface area contributed by atoms with Crippen molar-refractivity contribution >= 4 is 5.91 Å². The molecule has 2 rings (SSSR count). The van der Waals surface area contributed by atoms with Crippen LogP contribution < -0.4 is 5.56 Å². The highest BCUT2D eigenvalue weighted by atomic mass is 16.2. The van der Waals surface area contributed by atoms with E-state index in [1.54, 1.807) is 33.3 Å². The number of aromatic amines is 1. The van der Waals surface area contributed by atoms with Gasteiger partial charge in [0.15, 0.2) is 5.82 Å². The van der Waals surface area contributed by atoms with Crippen molar-refractivity contribution in [2.75, 3.05) is 7.05 Å². The Morgan fingerprint density at radius 3 is 2.84 bits per heavy atom. The number of amides is 1. The third-order valence-electron chi connectivity index (χ3n) is 2.72. The van der Waals surface area contributed by atoms with Crippen molar-refractivity contribution in [1.82, 2.24) is 24.6 Å². The Labute approximate surface area is 109 Å². The van der Waals surface area contributed by atoms with Gasteiger partial charge in [-0.1, -0.05) is 0 Å². The molecule has 2 aromatic rings. The molecular formula is C12H15N5O2. The molecule has 1 amide bonds. The van der Waals surface area contributed by atoms with Gasteiger partial charge in [0, 0.05) is 31.9 Å². The average molecular weight is 261 g/mol. The normalized spacial score (nSPS) is 10.5. The molecule has 0 fully saturated rings. The summed E-state index contributed by atoms with van der Waals surface area (Å²) in [4.78, 5) is 29.2. The molecule has 2 heterocycles. The quantitative estimate of drug-likeness (QED) is 0.848. The molecule has 0 bridgehead atoms. The lowest BCUT2D eigenvalue weighted by Gasteiger charge is -2.15. The van der Waals surface area contributed by atoms with E-state index >= 15 is 0 Å². The molecule has 100 valence electrons. The van der Waals surface area contributed by atoms with Gasteiger partial charge in [0.25, 0.3) is 11.5 Å². The first-order valence-electron chi connectivity index (χ1n) is 5.77. The second kappa shape index (κ2) is 5.05. The molecule has 0 aromatic carbocycles. The monoisotopic (exact) mass is 261 g/mol. The van der Waals surface area contributed by atoms with Gasteiger partial charge in [0.1, 0.15) is 5.82 Å². The summed E-state index contributed by atoms with van der Waals surface area (Å²) in [5.74, 6) is 1.00. The van der Waals surface area contributed by atoms with Crippen LogP contribution in [0.25, 0.3) is 0 Å². The number of aromatic nitrogens is 4. The van der Waals surface area contributed by atoms with Crippen LogP contribution in [0.1, 0.15) is 22.0 Å². The molecule has 0 aliphatic heterocycles. The predicted molar refractivity (Wildman–Crippen MR) is 68.6 cm³/mol. The summed E-state index contributed by atoms with van der Waals surface area (Å²) in [5, 5.41) is 6.68. The van der Waals surface area contributed by atoms with Crippen molar-refractivity contribution in [3.05, 3.63) is 45.9 Å². The van der Waals surface area contributed by atoms with E-state index in [2.05, 4.69) is 15.2 Å². The zero-order valence-electron chi connectivity index (χ0n) is 11.0. The van der Waals surface area contributed by atoms with E-state index in [4.69, 9.17) is 0 Å². The van der Waals surface area contributed by atoms with Crippen molar-refractivity contribution in [3.63, 3.8) is 0 Å². The van der Waals surface area contributed by atoms with Crippen molar-refractivity contribution in [1.29, 1.82) is 0 Å². The summed E-state index contributed by atoms with van der Waals surface area (Å²) in [6.07, 6.45) is 1.57. The number of aryl methyl sites for hydroxylation is 2. The summed E-state index contributed by atoms with van der Waals surface area (Å²) in [6.45, 7) is 2.08. The van der Waals surface area contributed by atoms with Gasteiger partial charge in [0.2, 0.25) is 0 Å². The van der Waals surface area contributed by atoms with Crippen LogP contribution >= 0.6 is 0 Å². The first-order chi connectivity index (χ1) is 8.97. The maximum Gasteiger partial charge on any atom is 0.254 e. The molecule has 0 radical (unpaired) electrons. The van der Waals surface area contributed by atoms with E-state index in [-0.39, 0.29) is 11.5 Å². The molecule has 0 aliphatic rings. The van der Waals surface area contributed by atoms with Crippen LogP contribution in [0.5, 0.6) is 0 Å². The van der Waals surface area contributed by atoms with E-state index in [1.165, 1.54) is 15.5 Å². The van der Waals surface area contributed by atoms with E-state index in [1.807, 2.05) is 0 Å². The van der Waals surface area contributed by atoms with Crippen molar-refractivity contribution in [2.24, 2.45) is 7.05 Å². The van der Waals surface area contributed by atoms with Gasteiger partial charge in [0.05, 0.1) is 6.54 Å². The molecule has 0 atom stereocenters. The van der Waals surface area contributed by atoms with Gasteiger partial charge in [-0.3, -0.25) is 14.7 Å². The number of hydrogen-bond acceptors (Lipinski definition) is 4. The summed E-state index contributed by atoms with van der Waals surface area (Å²) in [6, 6.07) is 2.94. The Kier molecular flexibility index (Phi) is 3.46. The highest BCUT2D eigenvalue weighted by Gasteiger charge is 2.14. The third kappa shape index (κ3) is 2.87. The SMILES string of the molecule is Cc1nc(CN(C)C(=O)c2ccn(C)c(=O)c2)n[nH]1. The second-order valence-electron chi connectivity index (χ2n) is 4.36. The molecule has 2 aromatic heterocycles. The summed E-state index contributed by atoms with van der Waals surface area (Å²) >= 11 is 0. The first-order valence-corrected chi connectivity index (χ1v) is 5.77. The molecule has 0 saturated heterocycles. The van der Waals surface area contributed by atoms with Crippen LogP contribution in [-0.2, 0) is 13.6 Å². The number of carbonyl (C=O) groups excluding carboxylic acids is 1. The number of H-pyrrole nitrogens is 1. The molecule has 7 heteroatoms. The molecule has 19 heavy (non-hydrogen) atoms. The van der Waals surface area contributed by atoms with Crippen molar-refractivity contribution in [3.8, 4) is 0 Å². The maximum absolute atomic E-state index is 12.1. The van der Waals surface area contributed by atoms with Crippen LogP contribution in [-0.4, -0.2) is 37.6 Å². The Morgan fingerprint density at radius 1 is 1.53 bits per heavy atom. The highest BCUT2D eigenvalue weighted by molar-refractivity contribution is 5.93. The molecular weight excluding hydrogens is 246 g/mol. The lowest BCUT2D eigenvalue weighted by molar-refractivity contribution is 0.0781. The highest BCUT2D eigenvalue weighted by Crippen LogP contribution is 2.04. The van der Waals surface area contributed by atoms with Crippen LogP contribution in [0.3, 0.4) is 0 Å². The minimum atomic E-state index is -0.236. The molecule has 0 spiro atoms. The standard InChI is InChI=1S/C12H15N5O2/c1-8-13-10(15-14-8)7-17(3)12(19)9-4-5-16(2)11(18)6-9/h4-6H,7H2,1-3H3,(H,13,14,15). The minimum absolute atomic E-state index is 0.215. The molecule has 1 N–H and O–H groups in total. The summed E-state index contributed by atoms with van der Waals surface area (Å²) in [5.41, 5.74) is 0.144. The number of nitrogens with one attached hydrogen (secondary N) is 1. The van der Waals surface area contributed by atoms with E-state index in [0.717, 1.165) is 0 Å². The molecule has 0 aliphatic carbocycles.